The summed E-state index contributed by atoms with van der Waals surface area (Å²) in [5.41, 5.74) is 1.92. The highest BCUT2D eigenvalue weighted by Gasteiger charge is 2.61. The summed E-state index contributed by atoms with van der Waals surface area (Å²) in [5.74, 6) is 0.0520. The van der Waals surface area contributed by atoms with E-state index < -0.39 is 23.5 Å². The topological polar surface area (TPSA) is 108 Å². The summed E-state index contributed by atoms with van der Waals surface area (Å²) in [6.45, 7) is 6.32. The summed E-state index contributed by atoms with van der Waals surface area (Å²) in [5, 5.41) is 27.3. The van der Waals surface area contributed by atoms with Gasteiger partial charge in [-0.3, -0.25) is 4.79 Å². The van der Waals surface area contributed by atoms with Crippen LogP contribution in [-0.2, 0) is 14.4 Å². The van der Waals surface area contributed by atoms with E-state index in [2.05, 4.69) is 36.5 Å². The first-order valence-corrected chi connectivity index (χ1v) is 13.4. The number of allylic oxidation sites excluding steroid dienone is 4. The zero-order chi connectivity index (χ0) is 26.4. The van der Waals surface area contributed by atoms with Crippen LogP contribution in [0.25, 0.3) is 0 Å². The van der Waals surface area contributed by atoms with Crippen molar-refractivity contribution in [2.45, 2.75) is 70.9 Å². The molecule has 0 bridgehead atoms. The van der Waals surface area contributed by atoms with Crippen LogP contribution in [-0.4, -0.2) is 40.0 Å². The van der Waals surface area contributed by atoms with Gasteiger partial charge in [0.25, 0.3) is 5.91 Å². The predicted octanol–water partition coefficient (Wildman–Crippen LogP) is 4.79. The molecular formula is C30H38N2O5. The monoisotopic (exact) mass is 506 g/mol. The lowest BCUT2D eigenvalue weighted by molar-refractivity contribution is -0.142. The first-order chi connectivity index (χ1) is 17.5. The Hall–Kier alpha value is -2.93. The number of carbonyl (C=O) groups is 2. The van der Waals surface area contributed by atoms with E-state index in [1.54, 1.807) is 30.3 Å². The Morgan fingerprint density at radius 2 is 1.84 bits per heavy atom. The van der Waals surface area contributed by atoms with Gasteiger partial charge in [0.15, 0.2) is 12.6 Å². The van der Waals surface area contributed by atoms with Crippen molar-refractivity contribution in [3.63, 3.8) is 0 Å². The predicted molar refractivity (Wildman–Crippen MR) is 141 cm³/mol. The summed E-state index contributed by atoms with van der Waals surface area (Å²) >= 11 is 0. The average Bonchev–Trinajstić information content (AvgIpc) is 3.11. The van der Waals surface area contributed by atoms with Crippen LogP contribution >= 0.6 is 0 Å². The number of aliphatic carboxylic acids is 1. The molecule has 0 unspecified atom stereocenters. The minimum Gasteiger partial charge on any atom is -0.479 e. The van der Waals surface area contributed by atoms with E-state index in [1.807, 2.05) is 13.0 Å². The summed E-state index contributed by atoms with van der Waals surface area (Å²) in [6.07, 6.45) is 12.6. The number of aliphatic hydroxyl groups is 1. The van der Waals surface area contributed by atoms with Gasteiger partial charge in [0.2, 0.25) is 0 Å². The Bertz CT molecular complexity index is 1160. The molecule has 4 aliphatic carbocycles. The summed E-state index contributed by atoms with van der Waals surface area (Å²) in [7, 11) is 0. The van der Waals surface area contributed by atoms with Crippen LogP contribution in [0.2, 0.25) is 0 Å². The largest absolute Gasteiger partial charge is 0.479 e. The minimum absolute atomic E-state index is 0.00527. The molecule has 1 aromatic rings. The summed E-state index contributed by atoms with van der Waals surface area (Å²) in [6, 6.07) is 7.43. The van der Waals surface area contributed by atoms with E-state index in [0.29, 0.717) is 29.0 Å². The second-order valence-electron chi connectivity index (χ2n) is 12.0. The Labute approximate surface area is 218 Å². The maximum absolute atomic E-state index is 12.4. The van der Waals surface area contributed by atoms with E-state index in [-0.39, 0.29) is 17.4 Å². The number of nitrogens with zero attached hydrogens (tertiary/aromatic N) is 1. The van der Waals surface area contributed by atoms with E-state index in [1.165, 1.54) is 5.57 Å². The van der Waals surface area contributed by atoms with Crippen LogP contribution in [0.4, 0.5) is 0 Å². The van der Waals surface area contributed by atoms with Crippen molar-refractivity contribution in [3.8, 4) is 0 Å². The van der Waals surface area contributed by atoms with Gasteiger partial charge in [-0.05, 0) is 86.3 Å². The highest BCUT2D eigenvalue weighted by molar-refractivity contribution is 6.05. The number of hydrogen-bond acceptors (Lipinski definition) is 5. The second kappa shape index (κ2) is 9.43. The fraction of sp³-hybridized carbons (Fsp3) is 0.567. The van der Waals surface area contributed by atoms with Crippen LogP contribution in [0.5, 0.6) is 0 Å². The van der Waals surface area contributed by atoms with Gasteiger partial charge >= 0.3 is 5.97 Å². The Kier molecular flexibility index (Phi) is 6.55. The lowest BCUT2D eigenvalue weighted by atomic mass is 9.47. The number of carboxylic acid groups (broad SMARTS) is 1. The van der Waals surface area contributed by atoms with Crippen molar-refractivity contribution in [2.75, 3.05) is 6.61 Å². The van der Waals surface area contributed by atoms with Crippen molar-refractivity contribution >= 4 is 17.6 Å². The molecule has 0 spiro atoms. The van der Waals surface area contributed by atoms with Crippen molar-refractivity contribution in [1.29, 1.82) is 0 Å². The fourth-order valence-electron chi connectivity index (χ4n) is 7.81. The van der Waals surface area contributed by atoms with Crippen LogP contribution in [0.1, 0.15) is 70.9 Å². The lowest BCUT2D eigenvalue weighted by Crippen LogP contribution is -2.53. The molecule has 7 heteroatoms. The van der Waals surface area contributed by atoms with Crippen molar-refractivity contribution in [3.05, 3.63) is 59.7 Å². The third kappa shape index (κ3) is 4.41. The molecule has 3 saturated carbocycles. The number of nitrogens with one attached hydrogen (secondary N) is 1. The molecule has 1 amide bonds. The van der Waals surface area contributed by atoms with E-state index in [0.717, 1.165) is 38.5 Å². The Balaban J connectivity index is 1.22. The lowest BCUT2D eigenvalue weighted by Gasteiger charge is -2.58. The molecule has 4 aliphatic rings. The molecule has 7 nitrogen and oxygen atoms in total. The van der Waals surface area contributed by atoms with Gasteiger partial charge < -0.3 is 20.4 Å². The van der Waals surface area contributed by atoms with Gasteiger partial charge in [-0.15, -0.1) is 0 Å². The molecule has 0 heterocycles. The van der Waals surface area contributed by atoms with Gasteiger partial charge in [-0.25, -0.2) is 4.79 Å². The number of hydrogen-bond donors (Lipinski definition) is 3. The third-order valence-corrected chi connectivity index (χ3v) is 10.2. The molecule has 0 radical (unpaired) electrons. The highest BCUT2D eigenvalue weighted by atomic mass is 16.6. The molecule has 3 N–H and O–H groups in total. The van der Waals surface area contributed by atoms with Crippen molar-refractivity contribution in [1.82, 2.24) is 5.32 Å². The molecular weight excluding hydrogens is 468 g/mol. The number of benzene rings is 1. The van der Waals surface area contributed by atoms with Crippen LogP contribution in [0, 0.1) is 28.6 Å². The molecule has 198 valence electrons. The summed E-state index contributed by atoms with van der Waals surface area (Å²) in [4.78, 5) is 29.3. The van der Waals surface area contributed by atoms with Crippen molar-refractivity contribution in [2.24, 2.45) is 33.7 Å². The molecule has 0 saturated heterocycles. The minimum atomic E-state index is -1.14. The van der Waals surface area contributed by atoms with E-state index >= 15 is 0 Å². The van der Waals surface area contributed by atoms with Crippen LogP contribution in [0.3, 0.4) is 0 Å². The maximum Gasteiger partial charge on any atom is 0.330 e. The summed E-state index contributed by atoms with van der Waals surface area (Å²) < 4.78 is 0. The molecule has 5 rings (SSSR count). The van der Waals surface area contributed by atoms with Gasteiger partial charge in [-0.1, -0.05) is 61.0 Å². The number of oxime groups is 1. The molecule has 1 aromatic carbocycles. The van der Waals surface area contributed by atoms with Gasteiger partial charge in [-0.2, -0.15) is 0 Å². The van der Waals surface area contributed by atoms with Gasteiger partial charge in [0.05, 0.1) is 5.60 Å². The SMILES string of the molecule is C[C@]12C=CC(=NOCC(=O)N[C@H](C(=O)O)c3ccccc3)C=C1CC[C@H]1[C@H]2CC[C@@]2(C)[C@H]1CC[C@]2(C)O. The second-order valence-corrected chi connectivity index (χ2v) is 12.0. The zero-order valence-corrected chi connectivity index (χ0v) is 21.9. The van der Waals surface area contributed by atoms with Crippen molar-refractivity contribution < 1.29 is 24.6 Å². The number of rotatable bonds is 6. The molecule has 3 fully saturated rings. The first kappa shape index (κ1) is 25.7. The maximum atomic E-state index is 12.4. The van der Waals surface area contributed by atoms with Gasteiger partial charge in [0, 0.05) is 5.41 Å². The van der Waals surface area contributed by atoms with E-state index in [4.69, 9.17) is 4.84 Å². The zero-order valence-electron chi connectivity index (χ0n) is 21.9. The van der Waals surface area contributed by atoms with E-state index in [9.17, 15) is 19.8 Å². The van der Waals surface area contributed by atoms with Gasteiger partial charge in [0.1, 0.15) is 5.71 Å². The standard InChI is InChI=1S/C30H38N2O5/c1-28-14-11-21(32-37-18-25(33)31-26(27(34)35)19-7-5-4-6-8-19)17-20(28)9-10-22-23(28)12-15-29(2)24(22)13-16-30(29,3)36/h4-8,11,14,17,22-24,26,36H,9-10,12-13,15-16,18H2,1-3H3,(H,31,33)(H,34,35)/t22-,23+,24-,26-,28-,29-,30-/m0/s1. The van der Waals surface area contributed by atoms with Crippen LogP contribution < -0.4 is 5.32 Å². The number of amides is 1. The van der Waals surface area contributed by atoms with Crippen LogP contribution in [0.15, 0.2) is 59.3 Å². The number of carbonyl (C=O) groups excluding carboxylic acids is 1. The molecule has 0 aromatic heterocycles. The molecule has 37 heavy (non-hydrogen) atoms. The third-order valence-electron chi connectivity index (χ3n) is 10.2. The molecule has 0 aliphatic heterocycles. The fourth-order valence-corrected chi connectivity index (χ4v) is 7.81. The quantitative estimate of drug-likeness (QED) is 0.481. The smallest absolute Gasteiger partial charge is 0.330 e. The first-order valence-electron chi connectivity index (χ1n) is 13.4. The normalized spacial score (nSPS) is 38.1. The number of fused-ring (bicyclic) bond motifs is 5. The molecule has 7 atom stereocenters. The Morgan fingerprint density at radius 1 is 1.11 bits per heavy atom. The Morgan fingerprint density at radius 3 is 2.57 bits per heavy atom. The highest BCUT2D eigenvalue weighted by Crippen LogP contribution is 2.66. The number of carboxylic acids is 1. The average molecular weight is 507 g/mol.